The summed E-state index contributed by atoms with van der Waals surface area (Å²) in [4.78, 5) is 11.8. The molecule has 0 radical (unpaired) electrons. The van der Waals surface area contributed by atoms with Crippen molar-refractivity contribution in [1.82, 2.24) is 0 Å². The molecule has 0 N–H and O–H groups in total. The number of aryl methyl sites for hydroxylation is 2. The van der Waals surface area contributed by atoms with Crippen molar-refractivity contribution in [3.05, 3.63) is 64.2 Å². The van der Waals surface area contributed by atoms with Gasteiger partial charge in [0.1, 0.15) is 5.75 Å². The monoisotopic (exact) mass is 360 g/mol. The number of allylic oxidation sites excluding steroid dienone is 1. The molecule has 0 unspecified atom stereocenters. The Morgan fingerprint density at radius 2 is 1.88 bits per heavy atom. The van der Waals surface area contributed by atoms with Crippen LogP contribution in [-0.2, 0) is 11.2 Å². The van der Waals surface area contributed by atoms with Crippen molar-refractivity contribution in [3.63, 3.8) is 0 Å². The molecular formula is C20H21ClO4. The first-order valence-corrected chi connectivity index (χ1v) is 8.14. The lowest BCUT2D eigenvalue weighted by Gasteiger charge is -2.17. The van der Waals surface area contributed by atoms with Crippen LogP contribution in [0.4, 0.5) is 0 Å². The summed E-state index contributed by atoms with van der Waals surface area (Å²) < 4.78 is 16.2. The fourth-order valence-corrected chi connectivity index (χ4v) is 2.87. The van der Waals surface area contributed by atoms with Crippen LogP contribution in [0.25, 0.3) is 0 Å². The minimum atomic E-state index is -0.436. The molecule has 0 saturated heterocycles. The molecule has 0 saturated carbocycles. The molecule has 0 heterocycles. The molecule has 0 aromatic heterocycles. The van der Waals surface area contributed by atoms with E-state index in [9.17, 15) is 4.79 Å². The van der Waals surface area contributed by atoms with Crippen LogP contribution >= 0.6 is 11.6 Å². The zero-order valence-corrected chi connectivity index (χ0v) is 15.6. The van der Waals surface area contributed by atoms with Gasteiger partial charge in [0.15, 0.2) is 11.5 Å². The zero-order chi connectivity index (χ0) is 18.6. The van der Waals surface area contributed by atoms with Crippen LogP contribution in [0.15, 0.2) is 36.9 Å². The van der Waals surface area contributed by atoms with Crippen molar-refractivity contribution >= 4 is 17.6 Å². The number of ether oxygens (including phenoxy) is 3. The van der Waals surface area contributed by atoms with Crippen LogP contribution in [0, 0.1) is 13.8 Å². The molecule has 0 spiro atoms. The van der Waals surface area contributed by atoms with Gasteiger partial charge in [-0.25, -0.2) is 4.79 Å². The Bertz CT molecular complexity index is 812. The molecule has 5 heteroatoms. The third kappa shape index (κ3) is 3.97. The molecule has 0 amide bonds. The second-order valence-corrected chi connectivity index (χ2v) is 5.96. The SMILES string of the molecule is C=CCc1c(C)ccc(Oc2c(C)cc(C(=O)OC)cc2OC)c1Cl. The Labute approximate surface area is 153 Å². The van der Waals surface area contributed by atoms with Crippen LogP contribution in [0.3, 0.4) is 0 Å². The van der Waals surface area contributed by atoms with Gasteiger partial charge in [-0.2, -0.15) is 0 Å². The molecule has 2 rings (SSSR count). The summed E-state index contributed by atoms with van der Waals surface area (Å²) in [5.41, 5.74) is 3.17. The summed E-state index contributed by atoms with van der Waals surface area (Å²) in [6.07, 6.45) is 2.45. The number of hydrogen-bond acceptors (Lipinski definition) is 4. The van der Waals surface area contributed by atoms with E-state index in [1.807, 2.05) is 26.0 Å². The summed E-state index contributed by atoms with van der Waals surface area (Å²) in [5.74, 6) is 1.03. The number of benzene rings is 2. The van der Waals surface area contributed by atoms with Gasteiger partial charge in [-0.3, -0.25) is 0 Å². The van der Waals surface area contributed by atoms with E-state index in [1.54, 1.807) is 18.2 Å². The molecule has 4 nitrogen and oxygen atoms in total. The average Bonchev–Trinajstić information content (AvgIpc) is 2.61. The van der Waals surface area contributed by atoms with Crippen LogP contribution < -0.4 is 9.47 Å². The minimum absolute atomic E-state index is 0.395. The first kappa shape index (κ1) is 18.9. The Morgan fingerprint density at radius 3 is 2.48 bits per heavy atom. The standard InChI is InChI=1S/C20H21ClO4/c1-6-7-15-12(2)8-9-16(18(15)21)25-19-13(3)10-14(20(22)24-5)11-17(19)23-4/h6,8-11H,1,7H2,2-5H3. The van der Waals surface area contributed by atoms with Gasteiger partial charge in [0.25, 0.3) is 0 Å². The maximum absolute atomic E-state index is 11.8. The number of hydrogen-bond donors (Lipinski definition) is 0. The lowest BCUT2D eigenvalue weighted by molar-refractivity contribution is 0.0600. The van der Waals surface area contributed by atoms with Crippen molar-refractivity contribution in [2.45, 2.75) is 20.3 Å². The predicted molar refractivity (Wildman–Crippen MR) is 99.2 cm³/mol. The van der Waals surface area contributed by atoms with Gasteiger partial charge in [-0.05, 0) is 55.2 Å². The number of methoxy groups -OCH3 is 2. The highest BCUT2D eigenvalue weighted by Crippen LogP contribution is 2.40. The number of esters is 1. The van der Waals surface area contributed by atoms with Gasteiger partial charge in [0.2, 0.25) is 0 Å². The van der Waals surface area contributed by atoms with Crippen molar-refractivity contribution in [2.75, 3.05) is 14.2 Å². The van der Waals surface area contributed by atoms with E-state index in [-0.39, 0.29) is 0 Å². The molecule has 25 heavy (non-hydrogen) atoms. The maximum Gasteiger partial charge on any atom is 0.337 e. The zero-order valence-electron chi connectivity index (χ0n) is 14.8. The molecule has 0 aliphatic carbocycles. The normalized spacial score (nSPS) is 10.3. The lowest BCUT2D eigenvalue weighted by Crippen LogP contribution is -2.04. The molecule has 0 atom stereocenters. The fraction of sp³-hybridized carbons (Fsp3) is 0.250. The highest BCUT2D eigenvalue weighted by molar-refractivity contribution is 6.33. The van der Waals surface area contributed by atoms with E-state index < -0.39 is 5.97 Å². The second-order valence-electron chi connectivity index (χ2n) is 5.58. The van der Waals surface area contributed by atoms with Gasteiger partial charge in [0, 0.05) is 0 Å². The molecule has 0 bridgehead atoms. The Kier molecular flexibility index (Phi) is 6.10. The smallest absolute Gasteiger partial charge is 0.337 e. The van der Waals surface area contributed by atoms with E-state index in [1.165, 1.54) is 14.2 Å². The van der Waals surface area contributed by atoms with Crippen molar-refractivity contribution in [2.24, 2.45) is 0 Å². The number of carbonyl (C=O) groups excluding carboxylic acids is 1. The number of rotatable bonds is 6. The maximum atomic E-state index is 11.8. The predicted octanol–water partition coefficient (Wildman–Crippen LogP) is 5.27. The van der Waals surface area contributed by atoms with E-state index in [0.29, 0.717) is 34.3 Å². The molecule has 0 aliphatic heterocycles. The third-order valence-electron chi connectivity index (χ3n) is 3.88. The summed E-state index contributed by atoms with van der Waals surface area (Å²) in [5, 5.41) is 0.540. The molecular weight excluding hydrogens is 340 g/mol. The van der Waals surface area contributed by atoms with Crippen LogP contribution in [-0.4, -0.2) is 20.2 Å². The first-order valence-electron chi connectivity index (χ1n) is 7.76. The van der Waals surface area contributed by atoms with Crippen molar-refractivity contribution in [3.8, 4) is 17.2 Å². The van der Waals surface area contributed by atoms with Gasteiger partial charge in [-0.1, -0.05) is 23.7 Å². The third-order valence-corrected chi connectivity index (χ3v) is 4.30. The van der Waals surface area contributed by atoms with E-state index in [0.717, 1.165) is 16.7 Å². The second kappa shape index (κ2) is 8.08. The average molecular weight is 361 g/mol. The summed E-state index contributed by atoms with van der Waals surface area (Å²) >= 11 is 6.51. The summed E-state index contributed by atoms with van der Waals surface area (Å²) in [6, 6.07) is 7.04. The molecule has 2 aromatic carbocycles. The molecule has 2 aromatic rings. The minimum Gasteiger partial charge on any atom is -0.493 e. The van der Waals surface area contributed by atoms with E-state index in [2.05, 4.69) is 6.58 Å². The quantitative estimate of drug-likeness (QED) is 0.519. The largest absolute Gasteiger partial charge is 0.493 e. The first-order chi connectivity index (χ1) is 11.9. The van der Waals surface area contributed by atoms with Gasteiger partial charge in [-0.15, -0.1) is 6.58 Å². The summed E-state index contributed by atoms with van der Waals surface area (Å²) in [7, 11) is 2.85. The van der Waals surface area contributed by atoms with Crippen molar-refractivity contribution < 1.29 is 19.0 Å². The summed E-state index contributed by atoms with van der Waals surface area (Å²) in [6.45, 7) is 7.59. The Balaban J connectivity index is 2.49. The topological polar surface area (TPSA) is 44.8 Å². The highest BCUT2D eigenvalue weighted by atomic mass is 35.5. The van der Waals surface area contributed by atoms with Gasteiger partial charge < -0.3 is 14.2 Å². The van der Waals surface area contributed by atoms with Crippen LogP contribution in [0.5, 0.6) is 17.2 Å². The molecule has 0 aliphatic rings. The Morgan fingerprint density at radius 1 is 1.16 bits per heavy atom. The van der Waals surface area contributed by atoms with Crippen LogP contribution in [0.1, 0.15) is 27.0 Å². The Hall–Kier alpha value is -2.46. The molecule has 0 fully saturated rings. The van der Waals surface area contributed by atoms with Crippen molar-refractivity contribution in [1.29, 1.82) is 0 Å². The van der Waals surface area contributed by atoms with Crippen LogP contribution in [0.2, 0.25) is 5.02 Å². The lowest BCUT2D eigenvalue weighted by atomic mass is 10.1. The molecule has 132 valence electrons. The number of carbonyl (C=O) groups is 1. The van der Waals surface area contributed by atoms with E-state index >= 15 is 0 Å². The van der Waals surface area contributed by atoms with E-state index in [4.69, 9.17) is 25.8 Å². The number of halogens is 1. The van der Waals surface area contributed by atoms with Gasteiger partial charge in [0.05, 0.1) is 24.8 Å². The fourth-order valence-electron chi connectivity index (χ4n) is 2.54. The highest BCUT2D eigenvalue weighted by Gasteiger charge is 2.18. The van der Waals surface area contributed by atoms with Gasteiger partial charge >= 0.3 is 5.97 Å².